The lowest BCUT2D eigenvalue weighted by Crippen LogP contribution is -2.29. The molecule has 214 valence electrons. The highest BCUT2D eigenvalue weighted by molar-refractivity contribution is 6.36. The Morgan fingerprint density at radius 2 is 1.61 bits per heavy atom. The van der Waals surface area contributed by atoms with Crippen LogP contribution in [-0.2, 0) is 12.7 Å². The van der Waals surface area contributed by atoms with Crippen LogP contribution in [0.4, 0.5) is 13.2 Å². The van der Waals surface area contributed by atoms with E-state index < -0.39 is 29.1 Å². The minimum Gasteiger partial charge on any atom is -0.449 e. The predicted octanol–water partition coefficient (Wildman–Crippen LogP) is 8.77. The van der Waals surface area contributed by atoms with Gasteiger partial charge in [-0.1, -0.05) is 41.2 Å². The molecule has 0 atom stereocenters. The lowest BCUT2D eigenvalue weighted by Gasteiger charge is -2.27. The van der Waals surface area contributed by atoms with Crippen molar-refractivity contribution < 1.29 is 31.9 Å². The van der Waals surface area contributed by atoms with E-state index in [4.69, 9.17) is 48.7 Å². The van der Waals surface area contributed by atoms with E-state index in [-0.39, 0.29) is 45.2 Å². The minimum atomic E-state index is -5.08. The largest absolute Gasteiger partial charge is 0.453 e. The molecule has 1 aliphatic rings. The molecule has 0 bridgehead atoms. The average molecular weight is 627 g/mol. The number of nitrogens with zero attached hydrogens (tertiary/aromatic N) is 1. The Bertz CT molecular complexity index is 1670. The maximum Gasteiger partial charge on any atom is 0.453 e. The fourth-order valence-electron chi connectivity index (χ4n) is 4.58. The van der Waals surface area contributed by atoms with Gasteiger partial charge in [-0.15, -0.1) is 0 Å². The Morgan fingerprint density at radius 3 is 2.27 bits per heavy atom. The first-order valence-electron chi connectivity index (χ1n) is 12.5. The monoisotopic (exact) mass is 625 g/mol. The van der Waals surface area contributed by atoms with Crippen molar-refractivity contribution in [1.29, 1.82) is 0 Å². The van der Waals surface area contributed by atoms with E-state index in [2.05, 4.69) is 0 Å². The number of carbonyl (C=O) groups excluding carboxylic acids is 1. The quantitative estimate of drug-likeness (QED) is 0.157. The second-order valence-electron chi connectivity index (χ2n) is 9.41. The second-order valence-corrected chi connectivity index (χ2v) is 10.7. The predicted molar refractivity (Wildman–Crippen MR) is 150 cm³/mol. The molecule has 41 heavy (non-hydrogen) atoms. The van der Waals surface area contributed by atoms with Crippen molar-refractivity contribution in [1.82, 2.24) is 4.90 Å². The van der Waals surface area contributed by atoms with Gasteiger partial charge in [0.1, 0.15) is 17.1 Å². The third kappa shape index (κ3) is 6.48. The molecular formula is C29H21Cl3F3NO5. The van der Waals surface area contributed by atoms with Crippen LogP contribution in [-0.4, -0.2) is 24.0 Å². The molecule has 0 saturated carbocycles. The number of carbonyl (C=O) groups is 1. The summed E-state index contributed by atoms with van der Waals surface area (Å²) in [5.74, 6) is -3.60. The maximum atomic E-state index is 14.3. The number of rotatable bonds is 6. The molecule has 2 heterocycles. The molecule has 0 radical (unpaired) electrons. The van der Waals surface area contributed by atoms with Crippen LogP contribution in [0.25, 0.3) is 11.0 Å². The van der Waals surface area contributed by atoms with E-state index in [1.54, 1.807) is 0 Å². The number of likely N-dealkylation sites (tertiary alicyclic amines) is 1. The molecule has 12 heteroatoms. The molecular weight excluding hydrogens is 606 g/mol. The van der Waals surface area contributed by atoms with Crippen molar-refractivity contribution in [2.75, 3.05) is 13.1 Å². The lowest BCUT2D eigenvalue weighted by atomic mass is 10.1. The number of fused-ring (bicyclic) bond motifs is 1. The normalized spacial score (nSPS) is 14.3. The van der Waals surface area contributed by atoms with Gasteiger partial charge in [-0.25, -0.2) is 4.79 Å². The summed E-state index contributed by atoms with van der Waals surface area (Å²) in [6.45, 7) is 1.41. The van der Waals surface area contributed by atoms with Crippen molar-refractivity contribution in [3.05, 3.63) is 96.8 Å². The van der Waals surface area contributed by atoms with Crippen molar-refractivity contribution >= 4 is 51.7 Å². The summed E-state index contributed by atoms with van der Waals surface area (Å²) < 4.78 is 59.3. The van der Waals surface area contributed by atoms with Crippen molar-refractivity contribution in [2.45, 2.75) is 32.0 Å². The third-order valence-corrected chi connectivity index (χ3v) is 7.35. The smallest absolute Gasteiger partial charge is 0.449 e. The van der Waals surface area contributed by atoms with Crippen LogP contribution in [0.15, 0.2) is 63.8 Å². The Labute approximate surface area is 247 Å². The van der Waals surface area contributed by atoms with Crippen LogP contribution in [0.1, 0.15) is 40.9 Å². The molecule has 0 N–H and O–H groups in total. The Kier molecular flexibility index (Phi) is 8.52. The van der Waals surface area contributed by atoms with E-state index >= 15 is 0 Å². The number of alkyl halides is 3. The molecule has 1 saturated heterocycles. The van der Waals surface area contributed by atoms with Gasteiger partial charge in [0.05, 0.1) is 21.5 Å². The zero-order valence-electron chi connectivity index (χ0n) is 21.2. The average Bonchev–Trinajstić information content (AvgIpc) is 2.92. The molecule has 6 nitrogen and oxygen atoms in total. The first kappa shape index (κ1) is 29.3. The number of hydrogen-bond donors (Lipinski definition) is 0. The number of benzene rings is 3. The molecule has 1 fully saturated rings. The van der Waals surface area contributed by atoms with Crippen LogP contribution in [0.3, 0.4) is 0 Å². The third-order valence-electron chi connectivity index (χ3n) is 6.55. The summed E-state index contributed by atoms with van der Waals surface area (Å²) in [4.78, 5) is 28.5. The summed E-state index contributed by atoms with van der Waals surface area (Å²) in [5.41, 5.74) is -1.27. The standard InChI is InChI=1S/C29H21Cl3F3NO5/c30-16-4-7-18(8-5-16)39-26-24(37)20-10-11-23(40-28(38)19-9-6-17(31)14-22(19)32)21(15-36-12-2-1-3-13-36)25(20)41-27(26)29(33,34)35/h4-11,14H,1-3,12-13,15H2. The van der Waals surface area contributed by atoms with Gasteiger partial charge < -0.3 is 13.9 Å². The number of piperidine rings is 1. The Balaban J connectivity index is 1.66. The zero-order chi connectivity index (χ0) is 29.3. The minimum absolute atomic E-state index is 0.00392. The van der Waals surface area contributed by atoms with E-state index in [1.807, 2.05) is 4.90 Å². The highest BCUT2D eigenvalue weighted by atomic mass is 35.5. The van der Waals surface area contributed by atoms with Crippen LogP contribution < -0.4 is 14.9 Å². The first-order chi connectivity index (χ1) is 19.5. The van der Waals surface area contributed by atoms with Gasteiger partial charge >= 0.3 is 12.1 Å². The summed E-state index contributed by atoms with van der Waals surface area (Å²) in [7, 11) is 0. The summed E-state index contributed by atoms with van der Waals surface area (Å²) in [5, 5.41) is 0.512. The summed E-state index contributed by atoms with van der Waals surface area (Å²) in [6, 6.07) is 12.3. The summed E-state index contributed by atoms with van der Waals surface area (Å²) >= 11 is 18.0. The molecule has 0 aliphatic carbocycles. The molecule has 3 aromatic carbocycles. The van der Waals surface area contributed by atoms with Crippen LogP contribution in [0, 0.1) is 0 Å². The fourth-order valence-corrected chi connectivity index (χ4v) is 5.19. The zero-order valence-corrected chi connectivity index (χ0v) is 23.5. The topological polar surface area (TPSA) is 69.0 Å². The number of hydrogen-bond acceptors (Lipinski definition) is 6. The fraction of sp³-hybridized carbons (Fsp3) is 0.241. The Morgan fingerprint density at radius 1 is 0.927 bits per heavy atom. The maximum absolute atomic E-state index is 14.3. The number of ether oxygens (including phenoxy) is 2. The van der Waals surface area contributed by atoms with Crippen LogP contribution >= 0.6 is 34.8 Å². The Hall–Kier alpha value is -3.24. The van der Waals surface area contributed by atoms with Crippen molar-refractivity contribution in [3.8, 4) is 17.2 Å². The second kappa shape index (κ2) is 11.9. The molecule has 1 aromatic heterocycles. The molecule has 1 aliphatic heterocycles. The van der Waals surface area contributed by atoms with Crippen molar-refractivity contribution in [3.63, 3.8) is 0 Å². The highest BCUT2D eigenvalue weighted by Crippen LogP contribution is 2.41. The van der Waals surface area contributed by atoms with Gasteiger partial charge in [0.15, 0.2) is 0 Å². The van der Waals surface area contributed by atoms with E-state index in [1.165, 1.54) is 54.6 Å². The molecule has 0 unspecified atom stereocenters. The first-order valence-corrected chi connectivity index (χ1v) is 13.7. The van der Waals surface area contributed by atoms with E-state index in [9.17, 15) is 22.8 Å². The molecule has 4 aromatic rings. The van der Waals surface area contributed by atoms with Crippen LogP contribution in [0.2, 0.25) is 15.1 Å². The molecule has 0 amide bonds. The summed E-state index contributed by atoms with van der Waals surface area (Å²) in [6.07, 6.45) is -2.29. The van der Waals surface area contributed by atoms with Crippen molar-refractivity contribution in [2.24, 2.45) is 0 Å². The molecule has 0 spiro atoms. The molecule has 5 rings (SSSR count). The van der Waals surface area contributed by atoms with Gasteiger partial charge in [0, 0.05) is 16.6 Å². The van der Waals surface area contributed by atoms with Gasteiger partial charge in [-0.3, -0.25) is 9.69 Å². The highest BCUT2D eigenvalue weighted by Gasteiger charge is 2.41. The van der Waals surface area contributed by atoms with E-state index in [0.717, 1.165) is 19.3 Å². The van der Waals surface area contributed by atoms with Gasteiger partial charge in [0.2, 0.25) is 11.2 Å². The van der Waals surface area contributed by atoms with Gasteiger partial charge in [0.25, 0.3) is 5.76 Å². The number of esters is 1. The van der Waals surface area contributed by atoms with Gasteiger partial charge in [-0.05, 0) is 80.5 Å². The lowest BCUT2D eigenvalue weighted by molar-refractivity contribution is -0.154. The SMILES string of the molecule is O=C(Oc1ccc2c(=O)c(Oc3ccc(Cl)cc3)c(C(F)(F)F)oc2c1CN1CCCCC1)c1ccc(Cl)cc1Cl. The van der Waals surface area contributed by atoms with Crippen LogP contribution in [0.5, 0.6) is 17.2 Å². The number of halogens is 6. The van der Waals surface area contributed by atoms with Gasteiger partial charge in [-0.2, -0.15) is 13.2 Å². The van der Waals surface area contributed by atoms with E-state index in [0.29, 0.717) is 23.1 Å².